The van der Waals surface area contributed by atoms with Crippen molar-refractivity contribution in [2.45, 2.75) is 45.4 Å². The van der Waals surface area contributed by atoms with E-state index in [1.165, 1.54) is 0 Å². The molecule has 0 aliphatic carbocycles. The number of halogens is 1. The summed E-state index contributed by atoms with van der Waals surface area (Å²) in [4.78, 5) is 16.9. The minimum absolute atomic E-state index is 0.147. The second kappa shape index (κ2) is 6.06. The van der Waals surface area contributed by atoms with E-state index >= 15 is 0 Å². The number of nitrogens with zero attached hydrogens (tertiary/aromatic N) is 1. The van der Waals surface area contributed by atoms with Crippen LogP contribution in [0.1, 0.15) is 27.2 Å². The number of nitrogens with one attached hydrogen (secondary N) is 1. The Bertz CT molecular complexity index is 281. The van der Waals surface area contributed by atoms with Gasteiger partial charge in [-0.3, -0.25) is 4.79 Å². The van der Waals surface area contributed by atoms with E-state index in [0.29, 0.717) is 18.1 Å². The first-order valence-electron chi connectivity index (χ1n) is 5.36. The number of hydrogen-bond donors (Lipinski definition) is 1. The van der Waals surface area contributed by atoms with E-state index in [2.05, 4.69) is 10.5 Å². The molecule has 0 radical (unpaired) electrons. The SMILES string of the molecule is CCN[C@H](C(=O)OC(C)C)[C@@H]1CC(Cl)=NO1. The molecule has 0 fully saturated rings. The fraction of sp³-hybridized carbons (Fsp3) is 0.800. The molecule has 0 aromatic rings. The van der Waals surface area contributed by atoms with Crippen LogP contribution < -0.4 is 5.32 Å². The zero-order valence-corrected chi connectivity index (χ0v) is 10.5. The molecule has 1 rings (SSSR count). The topological polar surface area (TPSA) is 59.9 Å². The van der Waals surface area contributed by atoms with Crippen molar-refractivity contribution >= 4 is 22.7 Å². The van der Waals surface area contributed by atoms with Crippen LogP contribution in [0.4, 0.5) is 0 Å². The molecule has 0 unspecified atom stereocenters. The first-order chi connectivity index (χ1) is 7.54. The Morgan fingerprint density at radius 2 is 2.44 bits per heavy atom. The Hall–Kier alpha value is -0.810. The van der Waals surface area contributed by atoms with Crippen LogP contribution in [0, 0.1) is 0 Å². The third-order valence-corrected chi connectivity index (χ3v) is 2.28. The predicted octanol–water partition coefficient (Wildman–Crippen LogP) is 1.26. The molecular formula is C10H17ClN2O3. The Morgan fingerprint density at radius 3 is 2.88 bits per heavy atom. The van der Waals surface area contributed by atoms with Crippen LogP contribution in [0.15, 0.2) is 5.16 Å². The predicted molar refractivity (Wildman–Crippen MR) is 61.5 cm³/mol. The molecular weight excluding hydrogens is 232 g/mol. The monoisotopic (exact) mass is 248 g/mol. The van der Waals surface area contributed by atoms with Gasteiger partial charge in [0.25, 0.3) is 0 Å². The highest BCUT2D eigenvalue weighted by atomic mass is 35.5. The van der Waals surface area contributed by atoms with Gasteiger partial charge in [0.2, 0.25) is 0 Å². The summed E-state index contributed by atoms with van der Waals surface area (Å²) in [6.07, 6.45) is -0.0861. The van der Waals surface area contributed by atoms with Crippen molar-refractivity contribution < 1.29 is 14.4 Å². The van der Waals surface area contributed by atoms with Crippen LogP contribution in [0.25, 0.3) is 0 Å². The molecule has 92 valence electrons. The summed E-state index contributed by atoms with van der Waals surface area (Å²) in [5, 5.41) is 7.02. The molecule has 0 aromatic carbocycles. The summed E-state index contributed by atoms with van der Waals surface area (Å²) in [5.74, 6) is -0.330. The van der Waals surface area contributed by atoms with E-state index < -0.39 is 6.04 Å². The summed E-state index contributed by atoms with van der Waals surface area (Å²) >= 11 is 5.71. The highest BCUT2D eigenvalue weighted by Crippen LogP contribution is 2.17. The van der Waals surface area contributed by atoms with Crippen LogP contribution in [-0.4, -0.2) is 35.9 Å². The van der Waals surface area contributed by atoms with Gasteiger partial charge >= 0.3 is 5.97 Å². The van der Waals surface area contributed by atoms with E-state index in [4.69, 9.17) is 21.2 Å². The molecule has 1 aliphatic rings. The zero-order chi connectivity index (χ0) is 12.1. The third kappa shape index (κ3) is 3.64. The van der Waals surface area contributed by atoms with Crippen LogP contribution in [0.5, 0.6) is 0 Å². The molecule has 6 heteroatoms. The van der Waals surface area contributed by atoms with E-state index in [1.54, 1.807) is 13.8 Å². The van der Waals surface area contributed by atoms with Gasteiger partial charge in [0.05, 0.1) is 6.10 Å². The molecule has 5 nitrogen and oxygen atoms in total. The van der Waals surface area contributed by atoms with Gasteiger partial charge in [0.1, 0.15) is 11.2 Å². The average molecular weight is 249 g/mol. The zero-order valence-electron chi connectivity index (χ0n) is 9.70. The van der Waals surface area contributed by atoms with Gasteiger partial charge in [0, 0.05) is 6.42 Å². The third-order valence-electron chi connectivity index (χ3n) is 2.06. The highest BCUT2D eigenvalue weighted by Gasteiger charge is 2.35. The lowest BCUT2D eigenvalue weighted by molar-refractivity contribution is -0.153. The molecule has 16 heavy (non-hydrogen) atoms. The number of carbonyl (C=O) groups is 1. The van der Waals surface area contributed by atoms with Crippen molar-refractivity contribution in [2.75, 3.05) is 6.54 Å². The van der Waals surface area contributed by atoms with E-state index in [0.717, 1.165) is 0 Å². The molecule has 0 amide bonds. The largest absolute Gasteiger partial charge is 0.462 e. The lowest BCUT2D eigenvalue weighted by atomic mass is 10.1. The second-order valence-electron chi connectivity index (χ2n) is 3.84. The van der Waals surface area contributed by atoms with Crippen LogP contribution in [0.3, 0.4) is 0 Å². The maximum absolute atomic E-state index is 11.8. The van der Waals surface area contributed by atoms with E-state index in [-0.39, 0.29) is 18.2 Å². The van der Waals surface area contributed by atoms with Gasteiger partial charge in [-0.1, -0.05) is 23.7 Å². The van der Waals surface area contributed by atoms with E-state index in [1.807, 2.05) is 6.92 Å². The van der Waals surface area contributed by atoms with E-state index in [9.17, 15) is 4.79 Å². The number of likely N-dealkylation sites (N-methyl/N-ethyl adjacent to an activating group) is 1. The molecule has 0 spiro atoms. The number of carbonyl (C=O) groups excluding carboxylic acids is 1. The van der Waals surface area contributed by atoms with Crippen molar-refractivity contribution in [1.29, 1.82) is 0 Å². The lowest BCUT2D eigenvalue weighted by Gasteiger charge is -2.21. The first kappa shape index (κ1) is 13.3. The standard InChI is InChI=1S/C10H17ClN2O3/c1-4-12-9(10(14)15-6(2)3)7-5-8(11)13-16-7/h6-7,9,12H,4-5H2,1-3H3/t7-,9-/m0/s1. The number of oxime groups is 1. The average Bonchev–Trinajstić information content (AvgIpc) is 2.59. The van der Waals surface area contributed by atoms with Gasteiger partial charge in [-0.05, 0) is 20.4 Å². The number of esters is 1. The molecule has 0 saturated heterocycles. The normalized spacial score (nSPS) is 21.6. The van der Waals surface area contributed by atoms with Gasteiger partial charge in [-0.2, -0.15) is 0 Å². The minimum Gasteiger partial charge on any atom is -0.462 e. The van der Waals surface area contributed by atoms with Crippen LogP contribution in [-0.2, 0) is 14.4 Å². The number of hydrogen-bond acceptors (Lipinski definition) is 5. The Balaban J connectivity index is 2.57. The van der Waals surface area contributed by atoms with Crippen LogP contribution >= 0.6 is 11.6 Å². The van der Waals surface area contributed by atoms with Gasteiger partial charge in [-0.15, -0.1) is 0 Å². The first-order valence-corrected chi connectivity index (χ1v) is 5.74. The van der Waals surface area contributed by atoms with Gasteiger partial charge < -0.3 is 14.9 Å². The van der Waals surface area contributed by atoms with Gasteiger partial charge in [-0.25, -0.2) is 0 Å². The molecule has 1 aliphatic heterocycles. The summed E-state index contributed by atoms with van der Waals surface area (Å²) in [7, 11) is 0. The second-order valence-corrected chi connectivity index (χ2v) is 4.27. The maximum atomic E-state index is 11.8. The fourth-order valence-corrected chi connectivity index (χ4v) is 1.63. The Morgan fingerprint density at radius 1 is 1.75 bits per heavy atom. The van der Waals surface area contributed by atoms with Crippen molar-refractivity contribution in [3.8, 4) is 0 Å². The molecule has 0 saturated carbocycles. The smallest absolute Gasteiger partial charge is 0.327 e. The molecule has 1 heterocycles. The highest BCUT2D eigenvalue weighted by molar-refractivity contribution is 6.65. The fourth-order valence-electron chi connectivity index (χ4n) is 1.44. The molecule has 2 atom stereocenters. The number of rotatable bonds is 5. The summed E-state index contributed by atoms with van der Waals surface area (Å²) in [6, 6.07) is -0.521. The number of ether oxygens (including phenoxy) is 1. The summed E-state index contributed by atoms with van der Waals surface area (Å²) in [5.41, 5.74) is 0. The molecule has 0 aromatic heterocycles. The van der Waals surface area contributed by atoms with Crippen LogP contribution in [0.2, 0.25) is 0 Å². The van der Waals surface area contributed by atoms with Crippen molar-refractivity contribution in [3.63, 3.8) is 0 Å². The maximum Gasteiger partial charge on any atom is 0.327 e. The quantitative estimate of drug-likeness (QED) is 0.744. The Kier molecular flexibility index (Phi) is 5.02. The summed E-state index contributed by atoms with van der Waals surface area (Å²) in [6.45, 7) is 6.17. The van der Waals surface area contributed by atoms with Crippen molar-refractivity contribution in [1.82, 2.24) is 5.32 Å². The van der Waals surface area contributed by atoms with Gasteiger partial charge in [0.15, 0.2) is 6.10 Å². The Labute approximate surface area is 100 Å². The molecule has 1 N–H and O–H groups in total. The lowest BCUT2D eigenvalue weighted by Crippen LogP contribution is -2.47. The van der Waals surface area contributed by atoms with Crippen molar-refractivity contribution in [3.05, 3.63) is 0 Å². The van der Waals surface area contributed by atoms with Crippen molar-refractivity contribution in [2.24, 2.45) is 5.16 Å². The summed E-state index contributed by atoms with van der Waals surface area (Å²) < 4.78 is 5.14. The molecule has 0 bridgehead atoms. The minimum atomic E-state index is -0.521.